The van der Waals surface area contributed by atoms with E-state index in [4.69, 9.17) is 16.2 Å². The van der Waals surface area contributed by atoms with Crippen LogP contribution in [0.4, 0.5) is 0 Å². The van der Waals surface area contributed by atoms with Crippen LogP contribution in [-0.4, -0.2) is 35.3 Å². The number of primary amides is 1. The molecular formula is C22H23N5O2. The summed E-state index contributed by atoms with van der Waals surface area (Å²) in [5, 5.41) is 0. The zero-order valence-corrected chi connectivity index (χ0v) is 16.0. The number of hydrogen-bond acceptors (Lipinski definition) is 6. The third kappa shape index (κ3) is 3.76. The van der Waals surface area contributed by atoms with Gasteiger partial charge in [-0.2, -0.15) is 0 Å². The van der Waals surface area contributed by atoms with Gasteiger partial charge in [-0.25, -0.2) is 4.99 Å². The Morgan fingerprint density at radius 2 is 2.00 bits per heavy atom. The lowest BCUT2D eigenvalue weighted by Crippen LogP contribution is -2.43. The summed E-state index contributed by atoms with van der Waals surface area (Å²) in [6, 6.07) is 12.0. The largest absolute Gasteiger partial charge is 0.463 e. The number of aryl methyl sites for hydroxylation is 1. The Labute approximate surface area is 169 Å². The van der Waals surface area contributed by atoms with E-state index in [9.17, 15) is 4.79 Å². The van der Waals surface area contributed by atoms with Crippen molar-refractivity contribution in [3.8, 4) is 0 Å². The van der Waals surface area contributed by atoms with E-state index in [1.54, 1.807) is 18.6 Å². The van der Waals surface area contributed by atoms with Crippen LogP contribution in [0.15, 0.2) is 71.1 Å². The molecule has 1 amide bonds. The highest BCUT2D eigenvalue weighted by Gasteiger charge is 2.40. The summed E-state index contributed by atoms with van der Waals surface area (Å²) in [7, 11) is 0. The zero-order chi connectivity index (χ0) is 20.3. The summed E-state index contributed by atoms with van der Waals surface area (Å²) in [5.41, 5.74) is 14.3. The van der Waals surface area contributed by atoms with Crippen LogP contribution in [-0.2, 0) is 21.4 Å². The van der Waals surface area contributed by atoms with Crippen molar-refractivity contribution in [3.63, 3.8) is 0 Å². The first-order valence-electron chi connectivity index (χ1n) is 9.57. The molecule has 0 radical (unpaired) electrons. The van der Waals surface area contributed by atoms with Gasteiger partial charge in [-0.05, 0) is 47.7 Å². The van der Waals surface area contributed by atoms with E-state index in [1.807, 2.05) is 42.5 Å². The van der Waals surface area contributed by atoms with Gasteiger partial charge in [-0.3, -0.25) is 14.8 Å². The summed E-state index contributed by atoms with van der Waals surface area (Å²) >= 11 is 0. The first-order chi connectivity index (χ1) is 14.1. The van der Waals surface area contributed by atoms with Gasteiger partial charge in [0.2, 0.25) is 5.91 Å². The molecule has 2 aliphatic heterocycles. The van der Waals surface area contributed by atoms with E-state index in [-0.39, 0.29) is 12.1 Å². The van der Waals surface area contributed by atoms with Crippen molar-refractivity contribution in [3.05, 3.63) is 77.8 Å². The number of aliphatic imine (C=N–C) groups is 2. The Bertz CT molecular complexity index is 999. The van der Waals surface area contributed by atoms with E-state index >= 15 is 0 Å². The normalized spacial score (nSPS) is 23.2. The average molecular weight is 389 g/mol. The Hall–Kier alpha value is -3.48. The van der Waals surface area contributed by atoms with Crippen LogP contribution in [0.25, 0.3) is 0 Å². The molecule has 2 unspecified atom stereocenters. The maximum atomic E-state index is 12.8. The number of hydrogen-bond donors (Lipinski definition) is 2. The number of carbonyl (C=O) groups excluding carboxylic acids is 1. The molecule has 3 heterocycles. The Balaban J connectivity index is 1.65. The fraction of sp³-hybridized carbons (Fsp3) is 0.273. The lowest BCUT2D eigenvalue weighted by molar-refractivity contribution is -0.121. The van der Waals surface area contributed by atoms with Crippen molar-refractivity contribution in [1.29, 1.82) is 0 Å². The van der Waals surface area contributed by atoms with Gasteiger partial charge in [0.25, 0.3) is 6.02 Å². The van der Waals surface area contributed by atoms with Gasteiger partial charge < -0.3 is 16.2 Å². The Kier molecular flexibility index (Phi) is 5.12. The summed E-state index contributed by atoms with van der Waals surface area (Å²) in [4.78, 5) is 25.6. The molecule has 2 atom stereocenters. The highest BCUT2D eigenvalue weighted by molar-refractivity contribution is 6.06. The van der Waals surface area contributed by atoms with Crippen molar-refractivity contribution in [2.24, 2.45) is 21.5 Å². The Morgan fingerprint density at radius 1 is 1.21 bits per heavy atom. The molecule has 0 bridgehead atoms. The van der Waals surface area contributed by atoms with Crippen LogP contribution in [0.2, 0.25) is 0 Å². The van der Waals surface area contributed by atoms with Crippen LogP contribution >= 0.6 is 0 Å². The minimum Gasteiger partial charge on any atom is -0.463 e. The number of nitrogens with zero attached hydrogens (tertiary/aromatic N) is 3. The molecule has 4 N–H and O–H groups in total. The van der Waals surface area contributed by atoms with E-state index in [0.29, 0.717) is 13.0 Å². The number of benzene rings is 1. The number of aromatic nitrogens is 1. The number of amides is 1. The second-order valence-electron chi connectivity index (χ2n) is 7.27. The number of rotatable bonds is 6. The van der Waals surface area contributed by atoms with E-state index < -0.39 is 11.3 Å². The lowest BCUT2D eigenvalue weighted by atomic mass is 9.71. The lowest BCUT2D eigenvalue weighted by Gasteiger charge is -2.32. The molecular weight excluding hydrogens is 366 g/mol. The van der Waals surface area contributed by atoms with Gasteiger partial charge in [0.05, 0.1) is 11.5 Å². The maximum Gasteiger partial charge on any atom is 0.282 e. The third-order valence-corrected chi connectivity index (χ3v) is 5.47. The Morgan fingerprint density at radius 3 is 2.72 bits per heavy atom. The van der Waals surface area contributed by atoms with Crippen molar-refractivity contribution >= 4 is 17.6 Å². The molecule has 4 rings (SSSR count). The maximum absolute atomic E-state index is 12.8. The molecule has 0 fully saturated rings. The molecule has 0 saturated carbocycles. The van der Waals surface area contributed by atoms with Crippen LogP contribution in [0, 0.1) is 0 Å². The topological polar surface area (TPSA) is 116 Å². The van der Waals surface area contributed by atoms with Crippen LogP contribution < -0.4 is 11.5 Å². The van der Waals surface area contributed by atoms with Crippen molar-refractivity contribution in [2.75, 3.05) is 6.61 Å². The summed E-state index contributed by atoms with van der Waals surface area (Å²) in [6.45, 7) is 0.494. The quantitative estimate of drug-likeness (QED) is 0.784. The van der Waals surface area contributed by atoms with Crippen LogP contribution in [0.1, 0.15) is 29.5 Å². The van der Waals surface area contributed by atoms with Gasteiger partial charge in [0.1, 0.15) is 6.61 Å². The van der Waals surface area contributed by atoms with Crippen LogP contribution in [0.5, 0.6) is 0 Å². The first-order valence-corrected chi connectivity index (χ1v) is 9.57. The van der Waals surface area contributed by atoms with Crippen molar-refractivity contribution in [2.45, 2.75) is 30.7 Å². The standard InChI is InChI=1S/C22H23N5O2/c23-20(28)22(9-12-26-19(13-22)16-7-10-25-11-8-16)18-4-2-1-3-15(18)5-6-17-14-29-21(24)27-17/h1-4,7-12,17H,5-6,13-14H2,(H2,23,28)(H2,24,27). The second-order valence-corrected chi connectivity index (χ2v) is 7.27. The number of carbonyl (C=O) groups is 1. The fourth-order valence-electron chi connectivity index (χ4n) is 3.91. The molecule has 2 aliphatic rings. The zero-order valence-electron chi connectivity index (χ0n) is 16.0. The summed E-state index contributed by atoms with van der Waals surface area (Å²) in [5.74, 6) is -0.394. The van der Waals surface area contributed by atoms with Gasteiger partial charge >= 0.3 is 0 Å². The minimum atomic E-state index is -0.953. The second kappa shape index (κ2) is 7.87. The highest BCUT2D eigenvalue weighted by atomic mass is 16.5. The first kappa shape index (κ1) is 18.9. The average Bonchev–Trinajstić information content (AvgIpc) is 3.18. The molecule has 0 aliphatic carbocycles. The van der Waals surface area contributed by atoms with Gasteiger partial charge in [-0.15, -0.1) is 0 Å². The molecule has 7 nitrogen and oxygen atoms in total. The molecule has 0 spiro atoms. The van der Waals surface area contributed by atoms with Gasteiger partial charge in [-0.1, -0.05) is 24.3 Å². The smallest absolute Gasteiger partial charge is 0.282 e. The van der Waals surface area contributed by atoms with E-state index in [1.165, 1.54) is 0 Å². The SMILES string of the molecule is NC(=O)C1(c2ccccc2CCC2COC(N)=N2)C=CN=C(c2ccncc2)C1. The highest BCUT2D eigenvalue weighted by Crippen LogP contribution is 2.36. The van der Waals surface area contributed by atoms with E-state index in [2.05, 4.69) is 15.0 Å². The van der Waals surface area contributed by atoms with Gasteiger partial charge in [0, 0.05) is 30.7 Å². The molecule has 1 aromatic carbocycles. The number of nitrogens with two attached hydrogens (primary N) is 2. The minimum absolute atomic E-state index is 0.0309. The molecule has 1 aromatic heterocycles. The molecule has 2 aromatic rings. The van der Waals surface area contributed by atoms with Crippen LogP contribution in [0.3, 0.4) is 0 Å². The van der Waals surface area contributed by atoms with Gasteiger partial charge in [0.15, 0.2) is 0 Å². The van der Waals surface area contributed by atoms with Crippen molar-refractivity contribution in [1.82, 2.24) is 4.98 Å². The number of amidine groups is 1. The molecule has 29 heavy (non-hydrogen) atoms. The predicted molar refractivity (Wildman–Crippen MR) is 112 cm³/mol. The van der Waals surface area contributed by atoms with Crippen molar-refractivity contribution < 1.29 is 9.53 Å². The molecule has 7 heteroatoms. The summed E-state index contributed by atoms with van der Waals surface area (Å²) < 4.78 is 5.24. The predicted octanol–water partition coefficient (Wildman–Crippen LogP) is 1.86. The number of pyridine rings is 1. The molecule has 148 valence electrons. The third-order valence-electron chi connectivity index (χ3n) is 5.47. The van der Waals surface area contributed by atoms with E-state index in [0.717, 1.165) is 35.2 Å². The number of ether oxygens (including phenoxy) is 1. The monoisotopic (exact) mass is 389 g/mol. The molecule has 0 saturated heterocycles. The fourth-order valence-corrected chi connectivity index (χ4v) is 3.91. The summed E-state index contributed by atoms with van der Waals surface area (Å²) in [6.07, 6.45) is 8.84.